The second-order valence-corrected chi connectivity index (χ2v) is 4.31. The second-order valence-electron chi connectivity index (χ2n) is 4.31. The van der Waals surface area contributed by atoms with E-state index in [1.165, 1.54) is 12.3 Å². The minimum atomic E-state index is -0.492. The van der Waals surface area contributed by atoms with Crippen LogP contribution in [0.5, 0.6) is 0 Å². The molecule has 6 heteroatoms. The quantitative estimate of drug-likeness (QED) is 0.583. The number of aromatic nitrogens is 1. The fourth-order valence-electron chi connectivity index (χ4n) is 1.54. The monoisotopic (exact) mass is 239 g/mol. The first-order valence-corrected chi connectivity index (χ1v) is 5.50. The Labute approximate surface area is 99.8 Å². The molecule has 94 valence electrons. The van der Waals surface area contributed by atoms with E-state index in [1.54, 1.807) is 6.07 Å². The molecule has 0 aliphatic heterocycles. The fraction of sp³-hybridized carbons (Fsp3) is 0.545. The zero-order valence-corrected chi connectivity index (χ0v) is 9.96. The molecule has 0 aliphatic carbocycles. The number of nitrogens with zero attached hydrogens (tertiary/aromatic N) is 2. The van der Waals surface area contributed by atoms with E-state index in [1.807, 2.05) is 0 Å². The Bertz CT molecular complexity index is 365. The van der Waals surface area contributed by atoms with E-state index >= 15 is 0 Å². The van der Waals surface area contributed by atoms with Crippen molar-refractivity contribution in [3.8, 4) is 0 Å². The Morgan fingerprint density at radius 1 is 1.53 bits per heavy atom. The molecule has 1 aromatic rings. The van der Waals surface area contributed by atoms with Gasteiger partial charge in [-0.2, -0.15) is 0 Å². The molecule has 0 spiro atoms. The maximum absolute atomic E-state index is 10.4. The molecule has 1 aromatic heterocycles. The van der Waals surface area contributed by atoms with E-state index in [2.05, 4.69) is 24.1 Å². The summed E-state index contributed by atoms with van der Waals surface area (Å²) in [5.41, 5.74) is -0.0417. The highest BCUT2D eigenvalue weighted by Crippen LogP contribution is 2.14. The van der Waals surface area contributed by atoms with Crippen LogP contribution in [0.3, 0.4) is 0 Å². The van der Waals surface area contributed by atoms with Crippen molar-refractivity contribution in [1.82, 2.24) is 4.98 Å². The summed E-state index contributed by atoms with van der Waals surface area (Å²) in [5.74, 6) is 0.994. The van der Waals surface area contributed by atoms with Gasteiger partial charge in [-0.25, -0.2) is 4.98 Å². The molecule has 0 radical (unpaired) electrons. The van der Waals surface area contributed by atoms with Gasteiger partial charge in [0, 0.05) is 6.07 Å². The van der Waals surface area contributed by atoms with E-state index in [0.29, 0.717) is 11.7 Å². The van der Waals surface area contributed by atoms with Crippen molar-refractivity contribution in [3.63, 3.8) is 0 Å². The van der Waals surface area contributed by atoms with Gasteiger partial charge in [0.25, 0.3) is 5.69 Å². The van der Waals surface area contributed by atoms with Crippen LogP contribution in [0.25, 0.3) is 0 Å². The highest BCUT2D eigenvalue weighted by molar-refractivity contribution is 5.40. The topological polar surface area (TPSA) is 88.3 Å². The van der Waals surface area contributed by atoms with Crippen LogP contribution >= 0.6 is 0 Å². The van der Waals surface area contributed by atoms with Gasteiger partial charge in [-0.15, -0.1) is 0 Å². The summed E-state index contributed by atoms with van der Waals surface area (Å²) in [6, 6.07) is 2.85. The third-order valence-electron chi connectivity index (χ3n) is 2.29. The molecule has 1 heterocycles. The summed E-state index contributed by atoms with van der Waals surface area (Å²) in [4.78, 5) is 13.9. The Balaban J connectivity index is 2.64. The average Bonchev–Trinajstić information content (AvgIpc) is 2.28. The smallest absolute Gasteiger partial charge is 0.287 e. The number of pyridine rings is 1. The molecule has 0 bridgehead atoms. The number of anilines is 1. The van der Waals surface area contributed by atoms with Gasteiger partial charge in [0.05, 0.1) is 17.6 Å². The first-order chi connectivity index (χ1) is 8.02. The lowest BCUT2D eigenvalue weighted by Crippen LogP contribution is -2.26. The first kappa shape index (κ1) is 13.4. The summed E-state index contributed by atoms with van der Waals surface area (Å²) in [5, 5.41) is 22.7. The molecule has 0 saturated carbocycles. The largest absolute Gasteiger partial charge is 0.394 e. The molecule has 1 rings (SSSR count). The van der Waals surface area contributed by atoms with E-state index < -0.39 is 4.92 Å². The zero-order valence-electron chi connectivity index (χ0n) is 9.96. The maximum atomic E-state index is 10.4. The first-order valence-electron chi connectivity index (χ1n) is 5.50. The third-order valence-corrected chi connectivity index (χ3v) is 2.29. The normalized spacial score (nSPS) is 12.5. The number of nitro groups is 1. The lowest BCUT2D eigenvalue weighted by Gasteiger charge is -2.18. The molecular formula is C11H17N3O3. The van der Waals surface area contributed by atoms with Crippen molar-refractivity contribution >= 4 is 11.5 Å². The van der Waals surface area contributed by atoms with Gasteiger partial charge in [-0.05, 0) is 18.4 Å². The summed E-state index contributed by atoms with van der Waals surface area (Å²) < 4.78 is 0. The predicted octanol–water partition coefficient (Wildman–Crippen LogP) is 1.81. The molecule has 17 heavy (non-hydrogen) atoms. The van der Waals surface area contributed by atoms with E-state index in [0.717, 1.165) is 6.42 Å². The number of aliphatic hydroxyl groups is 1. The van der Waals surface area contributed by atoms with Gasteiger partial charge in [-0.3, -0.25) is 10.1 Å². The third kappa shape index (κ3) is 4.36. The minimum absolute atomic E-state index is 0.0108. The van der Waals surface area contributed by atoms with E-state index in [-0.39, 0.29) is 18.3 Å². The van der Waals surface area contributed by atoms with Gasteiger partial charge >= 0.3 is 0 Å². The fourth-order valence-corrected chi connectivity index (χ4v) is 1.54. The van der Waals surface area contributed by atoms with Gasteiger partial charge in [0.2, 0.25) is 0 Å². The van der Waals surface area contributed by atoms with Crippen molar-refractivity contribution in [2.45, 2.75) is 26.3 Å². The summed E-state index contributed by atoms with van der Waals surface area (Å²) in [7, 11) is 0. The highest BCUT2D eigenvalue weighted by atomic mass is 16.6. The van der Waals surface area contributed by atoms with Gasteiger partial charge in [0.1, 0.15) is 12.0 Å². The zero-order chi connectivity index (χ0) is 12.8. The lowest BCUT2D eigenvalue weighted by molar-refractivity contribution is -0.385. The SMILES string of the molecule is CC(C)C[C@@H](CO)Nc1ccc([N+](=O)[O-])cn1. The van der Waals surface area contributed by atoms with Crippen LogP contribution in [0.4, 0.5) is 11.5 Å². The van der Waals surface area contributed by atoms with Gasteiger partial charge < -0.3 is 10.4 Å². The lowest BCUT2D eigenvalue weighted by atomic mass is 10.0. The van der Waals surface area contributed by atoms with Gasteiger partial charge in [-0.1, -0.05) is 13.8 Å². The van der Waals surface area contributed by atoms with Crippen LogP contribution in [0.15, 0.2) is 18.3 Å². The van der Waals surface area contributed by atoms with Crippen LogP contribution in [-0.2, 0) is 0 Å². The minimum Gasteiger partial charge on any atom is -0.394 e. The van der Waals surface area contributed by atoms with Crippen molar-refractivity contribution in [3.05, 3.63) is 28.4 Å². The van der Waals surface area contributed by atoms with Crippen LogP contribution < -0.4 is 5.32 Å². The molecule has 0 aliphatic rings. The Kier molecular flexibility index (Phi) is 4.84. The van der Waals surface area contributed by atoms with Crippen LogP contribution in [0.2, 0.25) is 0 Å². The number of aliphatic hydroxyl groups excluding tert-OH is 1. The Hall–Kier alpha value is -1.69. The molecule has 0 aromatic carbocycles. The Morgan fingerprint density at radius 3 is 2.65 bits per heavy atom. The average molecular weight is 239 g/mol. The van der Waals surface area contributed by atoms with Crippen LogP contribution in [0, 0.1) is 16.0 Å². The standard InChI is InChI=1S/C11H17N3O3/c1-8(2)5-9(7-15)13-11-4-3-10(6-12-11)14(16)17/h3-4,6,8-9,15H,5,7H2,1-2H3,(H,12,13)/t9-/m0/s1. The predicted molar refractivity (Wildman–Crippen MR) is 64.8 cm³/mol. The van der Waals surface area contributed by atoms with E-state index in [9.17, 15) is 15.2 Å². The highest BCUT2D eigenvalue weighted by Gasteiger charge is 2.11. The summed E-state index contributed by atoms with van der Waals surface area (Å²) in [6.07, 6.45) is 2.02. The Morgan fingerprint density at radius 2 is 2.24 bits per heavy atom. The molecule has 0 fully saturated rings. The van der Waals surface area contributed by atoms with Crippen molar-refractivity contribution in [2.24, 2.45) is 5.92 Å². The molecular weight excluding hydrogens is 222 g/mol. The summed E-state index contributed by atoms with van der Waals surface area (Å²) >= 11 is 0. The second kappa shape index (κ2) is 6.15. The molecule has 1 atom stereocenters. The summed E-state index contributed by atoms with van der Waals surface area (Å²) in [6.45, 7) is 4.14. The molecule has 2 N–H and O–H groups in total. The van der Waals surface area contributed by atoms with Crippen molar-refractivity contribution < 1.29 is 10.0 Å². The van der Waals surface area contributed by atoms with Crippen molar-refractivity contribution in [1.29, 1.82) is 0 Å². The number of nitrogens with one attached hydrogen (secondary N) is 1. The number of rotatable bonds is 6. The maximum Gasteiger partial charge on any atom is 0.287 e. The molecule has 0 unspecified atom stereocenters. The van der Waals surface area contributed by atoms with Gasteiger partial charge in [0.15, 0.2) is 0 Å². The van der Waals surface area contributed by atoms with E-state index in [4.69, 9.17) is 0 Å². The number of hydrogen-bond acceptors (Lipinski definition) is 5. The number of hydrogen-bond donors (Lipinski definition) is 2. The molecule has 0 amide bonds. The van der Waals surface area contributed by atoms with Crippen LogP contribution in [-0.4, -0.2) is 27.7 Å². The molecule has 6 nitrogen and oxygen atoms in total. The van der Waals surface area contributed by atoms with Crippen molar-refractivity contribution in [2.75, 3.05) is 11.9 Å². The molecule has 0 saturated heterocycles. The van der Waals surface area contributed by atoms with Crippen LogP contribution in [0.1, 0.15) is 20.3 Å².